The zero-order chi connectivity index (χ0) is 19.9. The van der Waals surface area contributed by atoms with E-state index < -0.39 is 0 Å². The van der Waals surface area contributed by atoms with E-state index in [0.29, 0.717) is 5.25 Å². The predicted octanol–water partition coefficient (Wildman–Crippen LogP) is 6.22. The van der Waals surface area contributed by atoms with Crippen molar-refractivity contribution in [2.75, 3.05) is 11.4 Å². The molecule has 148 valence electrons. The molecule has 0 radical (unpaired) electrons. The van der Waals surface area contributed by atoms with Gasteiger partial charge in [0, 0.05) is 52.5 Å². The van der Waals surface area contributed by atoms with Crippen molar-refractivity contribution in [2.24, 2.45) is 0 Å². The minimum absolute atomic E-state index is 0.462. The molecule has 0 amide bonds. The molecule has 5 heteroatoms. The van der Waals surface area contributed by atoms with Gasteiger partial charge in [0.25, 0.3) is 0 Å². The Morgan fingerprint density at radius 1 is 1.03 bits per heavy atom. The van der Waals surface area contributed by atoms with E-state index >= 15 is 0 Å². The minimum Gasteiger partial charge on any atom is -0.344 e. The molecule has 0 saturated carbocycles. The molecule has 3 aromatic rings. The van der Waals surface area contributed by atoms with Crippen molar-refractivity contribution >= 4 is 29.1 Å². The monoisotopic (exact) mass is 421 g/mol. The molecule has 0 N–H and O–H groups in total. The van der Waals surface area contributed by atoms with E-state index in [1.807, 2.05) is 42.6 Å². The lowest BCUT2D eigenvalue weighted by Gasteiger charge is -2.21. The van der Waals surface area contributed by atoms with E-state index in [9.17, 15) is 0 Å². The van der Waals surface area contributed by atoms with Gasteiger partial charge in [0.2, 0.25) is 0 Å². The minimum atomic E-state index is 0.462. The van der Waals surface area contributed by atoms with Crippen LogP contribution in [0.2, 0.25) is 5.02 Å². The smallest absolute Gasteiger partial charge is 0.0946 e. The molecule has 4 rings (SSSR count). The molecular weight excluding hydrogens is 398 g/mol. The molecule has 2 aromatic carbocycles. The van der Waals surface area contributed by atoms with Crippen molar-refractivity contribution in [3.05, 3.63) is 102 Å². The molecule has 0 spiro atoms. The normalized spacial score (nSPS) is 14.3. The third-order valence-corrected chi connectivity index (χ3v) is 6.44. The van der Waals surface area contributed by atoms with Crippen LogP contribution in [0.15, 0.2) is 96.6 Å². The summed E-state index contributed by atoms with van der Waals surface area (Å²) >= 11 is 7.96. The van der Waals surface area contributed by atoms with Crippen LogP contribution in [0.25, 0.3) is 0 Å². The Morgan fingerprint density at radius 3 is 2.55 bits per heavy atom. The van der Waals surface area contributed by atoms with E-state index in [0.717, 1.165) is 31.0 Å². The SMILES string of the molecule is Clc1ccc(CCC(Cn2ccnc2)Sc2ccc(N3C=CC=CC3)cc2)cc1. The zero-order valence-electron chi connectivity index (χ0n) is 16.2. The number of nitrogens with zero attached hydrogens (tertiary/aromatic N) is 3. The molecule has 1 unspecified atom stereocenters. The molecule has 0 aliphatic carbocycles. The topological polar surface area (TPSA) is 21.1 Å². The highest BCUT2D eigenvalue weighted by atomic mass is 35.5. The summed E-state index contributed by atoms with van der Waals surface area (Å²) in [5.41, 5.74) is 2.55. The second-order valence-corrected chi connectivity index (χ2v) is 8.89. The van der Waals surface area contributed by atoms with Gasteiger partial charge < -0.3 is 9.47 Å². The average molecular weight is 422 g/mol. The Hall–Kier alpha value is -2.43. The third kappa shape index (κ3) is 5.78. The first-order valence-corrected chi connectivity index (χ1v) is 11.1. The molecule has 2 heterocycles. The number of allylic oxidation sites excluding steroid dienone is 2. The molecule has 0 saturated heterocycles. The Kier molecular flexibility index (Phi) is 6.75. The Bertz CT molecular complexity index is 947. The van der Waals surface area contributed by atoms with E-state index in [4.69, 9.17) is 11.6 Å². The molecule has 29 heavy (non-hydrogen) atoms. The van der Waals surface area contributed by atoms with Crippen molar-refractivity contribution in [1.82, 2.24) is 9.55 Å². The molecule has 0 bridgehead atoms. The highest BCUT2D eigenvalue weighted by molar-refractivity contribution is 8.00. The molecular formula is C24H24ClN3S. The van der Waals surface area contributed by atoms with Crippen LogP contribution in [0.3, 0.4) is 0 Å². The van der Waals surface area contributed by atoms with Crippen molar-refractivity contribution in [3.63, 3.8) is 0 Å². The second-order valence-electron chi connectivity index (χ2n) is 7.08. The fourth-order valence-corrected chi connectivity index (χ4v) is 4.65. The maximum atomic E-state index is 6.02. The quantitative estimate of drug-likeness (QED) is 0.403. The standard InChI is InChI=1S/C24H24ClN3S/c25-21-7-4-20(5-8-21)6-11-24(18-27-17-14-26-19-27)29-23-12-9-22(10-13-23)28-15-2-1-3-16-28/h1-5,7-10,12-15,17,19,24H,6,11,16,18H2. The number of thioether (sulfide) groups is 1. The molecule has 1 aromatic heterocycles. The largest absolute Gasteiger partial charge is 0.344 e. The maximum absolute atomic E-state index is 6.02. The lowest BCUT2D eigenvalue weighted by atomic mass is 10.1. The van der Waals surface area contributed by atoms with E-state index in [1.165, 1.54) is 16.1 Å². The molecule has 1 aliphatic rings. The first kappa shape index (κ1) is 19.9. The third-order valence-electron chi connectivity index (χ3n) is 4.93. The molecule has 1 aliphatic heterocycles. The van der Waals surface area contributed by atoms with Crippen molar-refractivity contribution < 1.29 is 0 Å². The summed E-state index contributed by atoms with van der Waals surface area (Å²) in [5, 5.41) is 1.25. The van der Waals surface area contributed by atoms with Gasteiger partial charge in [0.1, 0.15) is 0 Å². The van der Waals surface area contributed by atoms with Gasteiger partial charge in [-0.25, -0.2) is 4.98 Å². The highest BCUT2D eigenvalue weighted by Crippen LogP contribution is 2.30. The highest BCUT2D eigenvalue weighted by Gasteiger charge is 2.13. The van der Waals surface area contributed by atoms with Crippen LogP contribution in [-0.2, 0) is 13.0 Å². The Labute approximate surface area is 181 Å². The van der Waals surface area contributed by atoms with Crippen LogP contribution >= 0.6 is 23.4 Å². The number of rotatable bonds is 8. The number of aryl methyl sites for hydroxylation is 1. The fourth-order valence-electron chi connectivity index (χ4n) is 3.36. The number of anilines is 1. The van der Waals surface area contributed by atoms with Gasteiger partial charge in [-0.15, -0.1) is 11.8 Å². The van der Waals surface area contributed by atoms with Gasteiger partial charge >= 0.3 is 0 Å². The van der Waals surface area contributed by atoms with Crippen LogP contribution < -0.4 is 4.90 Å². The number of benzene rings is 2. The van der Waals surface area contributed by atoms with Crippen LogP contribution in [-0.4, -0.2) is 21.3 Å². The van der Waals surface area contributed by atoms with Gasteiger partial charge in [0.15, 0.2) is 0 Å². The van der Waals surface area contributed by atoms with Crippen LogP contribution in [0.4, 0.5) is 5.69 Å². The molecule has 3 nitrogen and oxygen atoms in total. The summed E-state index contributed by atoms with van der Waals surface area (Å²) in [6.45, 7) is 1.87. The van der Waals surface area contributed by atoms with Gasteiger partial charge in [-0.1, -0.05) is 35.9 Å². The summed E-state index contributed by atoms with van der Waals surface area (Å²) in [5.74, 6) is 0. The summed E-state index contributed by atoms with van der Waals surface area (Å²) in [7, 11) is 0. The molecule has 1 atom stereocenters. The molecule has 0 fully saturated rings. The Balaban J connectivity index is 1.42. The van der Waals surface area contributed by atoms with Gasteiger partial charge in [0.05, 0.1) is 6.33 Å². The van der Waals surface area contributed by atoms with Crippen LogP contribution in [0.5, 0.6) is 0 Å². The second kappa shape index (κ2) is 9.86. The first-order valence-electron chi connectivity index (χ1n) is 9.83. The average Bonchev–Trinajstić information content (AvgIpc) is 3.27. The summed E-state index contributed by atoms with van der Waals surface area (Å²) in [4.78, 5) is 7.74. The van der Waals surface area contributed by atoms with E-state index in [-0.39, 0.29) is 0 Å². The maximum Gasteiger partial charge on any atom is 0.0946 e. The zero-order valence-corrected chi connectivity index (χ0v) is 17.8. The number of aromatic nitrogens is 2. The number of halogens is 1. The van der Waals surface area contributed by atoms with Crippen LogP contribution in [0, 0.1) is 0 Å². The van der Waals surface area contributed by atoms with E-state index in [1.54, 1.807) is 0 Å². The van der Waals surface area contributed by atoms with Gasteiger partial charge in [-0.05, 0) is 60.9 Å². The number of hydrogen-bond acceptors (Lipinski definition) is 3. The van der Waals surface area contributed by atoms with Gasteiger partial charge in [-0.2, -0.15) is 0 Å². The number of hydrogen-bond donors (Lipinski definition) is 0. The number of imidazole rings is 1. The van der Waals surface area contributed by atoms with Crippen molar-refractivity contribution in [3.8, 4) is 0 Å². The summed E-state index contributed by atoms with van der Waals surface area (Å²) in [6.07, 6.45) is 16.3. The van der Waals surface area contributed by atoms with E-state index in [2.05, 4.69) is 75.3 Å². The predicted molar refractivity (Wildman–Crippen MR) is 124 cm³/mol. The van der Waals surface area contributed by atoms with Crippen molar-refractivity contribution in [2.45, 2.75) is 29.5 Å². The summed E-state index contributed by atoms with van der Waals surface area (Å²) < 4.78 is 2.17. The lowest BCUT2D eigenvalue weighted by molar-refractivity contribution is 0.624. The van der Waals surface area contributed by atoms with Crippen LogP contribution in [0.1, 0.15) is 12.0 Å². The van der Waals surface area contributed by atoms with Gasteiger partial charge in [-0.3, -0.25) is 0 Å². The Morgan fingerprint density at radius 2 is 1.86 bits per heavy atom. The summed E-state index contributed by atoms with van der Waals surface area (Å²) in [6, 6.07) is 17.1. The lowest BCUT2D eigenvalue weighted by Crippen LogP contribution is -2.17. The first-order chi connectivity index (χ1) is 14.3. The fraction of sp³-hybridized carbons (Fsp3) is 0.208. The van der Waals surface area contributed by atoms with Crippen molar-refractivity contribution in [1.29, 1.82) is 0 Å².